The van der Waals surface area contributed by atoms with Crippen molar-refractivity contribution in [2.75, 3.05) is 7.11 Å². The van der Waals surface area contributed by atoms with Crippen molar-refractivity contribution in [1.82, 2.24) is 0 Å². The number of para-hydroxylation sites is 1. The molecule has 0 bridgehead atoms. The van der Waals surface area contributed by atoms with E-state index < -0.39 is 0 Å². The summed E-state index contributed by atoms with van der Waals surface area (Å²) >= 11 is 0. The van der Waals surface area contributed by atoms with Gasteiger partial charge in [-0.05, 0) is 72.4 Å². The largest absolute Gasteiger partial charge is 0.486 e. The van der Waals surface area contributed by atoms with Gasteiger partial charge in [0.15, 0.2) is 0 Å². The number of rotatable bonds is 7. The monoisotopic (exact) mass is 388 g/mol. The fourth-order valence-electron chi connectivity index (χ4n) is 3.61. The summed E-state index contributed by atoms with van der Waals surface area (Å²) in [4.78, 5) is 11.3. The first kappa shape index (κ1) is 19.1. The Morgan fingerprint density at radius 1 is 0.931 bits per heavy atom. The molecule has 3 aromatic carbocycles. The highest BCUT2D eigenvalue weighted by atomic mass is 16.5. The van der Waals surface area contributed by atoms with Gasteiger partial charge >= 0.3 is 5.97 Å². The van der Waals surface area contributed by atoms with E-state index in [1.807, 2.05) is 60.7 Å². The van der Waals surface area contributed by atoms with Crippen LogP contribution in [0.3, 0.4) is 0 Å². The van der Waals surface area contributed by atoms with Crippen LogP contribution in [0.2, 0.25) is 0 Å². The van der Waals surface area contributed by atoms with Crippen LogP contribution < -0.4 is 9.47 Å². The minimum atomic E-state index is -0.191. The molecule has 0 N–H and O–H groups in total. The molecule has 0 heterocycles. The molecular formula is C25H24O4. The molecule has 148 valence electrons. The Balaban J connectivity index is 1.39. The topological polar surface area (TPSA) is 44.8 Å². The number of fused-ring (bicyclic) bond motifs is 1. The molecule has 1 aliphatic carbocycles. The van der Waals surface area contributed by atoms with Crippen molar-refractivity contribution in [1.29, 1.82) is 0 Å². The van der Waals surface area contributed by atoms with Crippen molar-refractivity contribution in [3.8, 4) is 17.2 Å². The average molecular weight is 388 g/mol. The highest BCUT2D eigenvalue weighted by molar-refractivity contribution is 5.69. The van der Waals surface area contributed by atoms with Gasteiger partial charge in [-0.3, -0.25) is 4.79 Å². The van der Waals surface area contributed by atoms with E-state index in [1.165, 1.54) is 18.2 Å². The van der Waals surface area contributed by atoms with Crippen LogP contribution in [0.5, 0.6) is 17.2 Å². The quantitative estimate of drug-likeness (QED) is 0.491. The molecule has 3 aromatic rings. The molecule has 1 aliphatic rings. The normalized spacial score (nSPS) is 14.9. The van der Waals surface area contributed by atoms with Crippen LogP contribution in [0.25, 0.3) is 0 Å². The summed E-state index contributed by atoms with van der Waals surface area (Å²) < 4.78 is 16.9. The molecular weight excluding hydrogens is 364 g/mol. The molecule has 0 aliphatic heterocycles. The Bertz CT molecular complexity index is 964. The molecule has 0 saturated heterocycles. The second kappa shape index (κ2) is 8.82. The minimum Gasteiger partial charge on any atom is -0.486 e. The lowest BCUT2D eigenvalue weighted by atomic mass is 10.1. The maximum atomic E-state index is 11.3. The third-order valence-corrected chi connectivity index (χ3v) is 5.16. The highest BCUT2D eigenvalue weighted by Gasteiger charge is 2.24. The van der Waals surface area contributed by atoms with Crippen LogP contribution in [0.1, 0.15) is 35.6 Å². The van der Waals surface area contributed by atoms with Crippen molar-refractivity contribution >= 4 is 5.97 Å². The van der Waals surface area contributed by atoms with Crippen LogP contribution in [-0.4, -0.2) is 13.1 Å². The summed E-state index contributed by atoms with van der Waals surface area (Å²) in [6.45, 7) is 0. The Morgan fingerprint density at radius 2 is 1.69 bits per heavy atom. The van der Waals surface area contributed by atoms with Gasteiger partial charge in [0.05, 0.1) is 7.11 Å². The summed E-state index contributed by atoms with van der Waals surface area (Å²) in [6.07, 6.45) is 3.04. The number of benzene rings is 3. The standard InChI is InChI=1S/C25H24O4/c1-27-25(26)16-9-18-7-11-21(12-8-18)29-24-15-10-19-17-22(13-14-23(19)24)28-20-5-3-2-4-6-20/h2-8,11-14,17,24H,9-10,15-16H2,1H3. The van der Waals surface area contributed by atoms with E-state index in [0.29, 0.717) is 12.8 Å². The number of ether oxygens (including phenoxy) is 3. The molecule has 0 fully saturated rings. The van der Waals surface area contributed by atoms with E-state index in [-0.39, 0.29) is 12.1 Å². The van der Waals surface area contributed by atoms with Crippen molar-refractivity contribution in [3.63, 3.8) is 0 Å². The van der Waals surface area contributed by atoms with E-state index >= 15 is 0 Å². The number of aryl methyl sites for hydroxylation is 2. The molecule has 0 spiro atoms. The minimum absolute atomic E-state index is 0.0525. The van der Waals surface area contributed by atoms with Crippen molar-refractivity contribution < 1.29 is 19.0 Å². The van der Waals surface area contributed by atoms with E-state index in [2.05, 4.69) is 16.9 Å². The fraction of sp³-hybridized carbons (Fsp3) is 0.240. The Labute approximate surface area is 171 Å². The first-order valence-electron chi connectivity index (χ1n) is 9.89. The molecule has 1 unspecified atom stereocenters. The summed E-state index contributed by atoms with van der Waals surface area (Å²) in [5, 5.41) is 0. The summed E-state index contributed by atoms with van der Waals surface area (Å²) in [5.41, 5.74) is 3.59. The highest BCUT2D eigenvalue weighted by Crippen LogP contribution is 2.37. The van der Waals surface area contributed by atoms with Crippen LogP contribution in [0.15, 0.2) is 72.8 Å². The molecule has 0 aromatic heterocycles. The summed E-state index contributed by atoms with van der Waals surface area (Å²) in [6, 6.07) is 24.0. The fourth-order valence-corrected chi connectivity index (χ4v) is 3.61. The SMILES string of the molecule is COC(=O)CCc1ccc(OC2CCc3cc(Oc4ccccc4)ccc32)cc1. The number of hydrogen-bond donors (Lipinski definition) is 0. The average Bonchev–Trinajstić information content (AvgIpc) is 3.15. The summed E-state index contributed by atoms with van der Waals surface area (Å²) in [7, 11) is 1.41. The molecule has 1 atom stereocenters. The van der Waals surface area contributed by atoms with Gasteiger partial charge in [0.1, 0.15) is 23.4 Å². The molecule has 0 radical (unpaired) electrons. The molecule has 29 heavy (non-hydrogen) atoms. The van der Waals surface area contributed by atoms with Gasteiger partial charge in [-0.2, -0.15) is 0 Å². The van der Waals surface area contributed by atoms with Crippen molar-refractivity contribution in [3.05, 3.63) is 89.5 Å². The number of methoxy groups -OCH3 is 1. The third kappa shape index (κ3) is 4.77. The lowest BCUT2D eigenvalue weighted by Gasteiger charge is -2.16. The van der Waals surface area contributed by atoms with Gasteiger partial charge in [-0.1, -0.05) is 36.4 Å². The van der Waals surface area contributed by atoms with E-state index in [1.54, 1.807) is 0 Å². The van der Waals surface area contributed by atoms with E-state index in [4.69, 9.17) is 9.47 Å². The Kier molecular flexibility index (Phi) is 5.80. The maximum absolute atomic E-state index is 11.3. The lowest BCUT2D eigenvalue weighted by Crippen LogP contribution is -2.04. The van der Waals surface area contributed by atoms with Crippen molar-refractivity contribution in [2.24, 2.45) is 0 Å². The zero-order valence-corrected chi connectivity index (χ0v) is 16.5. The van der Waals surface area contributed by atoms with Gasteiger partial charge in [0.2, 0.25) is 0 Å². The van der Waals surface area contributed by atoms with Crippen LogP contribution in [0, 0.1) is 0 Å². The Hall–Kier alpha value is -3.27. The molecule has 4 nitrogen and oxygen atoms in total. The van der Waals surface area contributed by atoms with Crippen LogP contribution in [0.4, 0.5) is 0 Å². The second-order valence-electron chi connectivity index (χ2n) is 7.14. The van der Waals surface area contributed by atoms with E-state index in [9.17, 15) is 4.79 Å². The number of esters is 1. The van der Waals surface area contributed by atoms with Gasteiger partial charge in [0, 0.05) is 6.42 Å². The Morgan fingerprint density at radius 3 is 2.45 bits per heavy atom. The first-order chi connectivity index (χ1) is 14.2. The molecule has 4 rings (SSSR count). The van der Waals surface area contributed by atoms with Gasteiger partial charge in [-0.15, -0.1) is 0 Å². The molecule has 4 heteroatoms. The molecule has 0 amide bonds. The van der Waals surface area contributed by atoms with Crippen LogP contribution >= 0.6 is 0 Å². The number of carbonyl (C=O) groups excluding carboxylic acids is 1. The maximum Gasteiger partial charge on any atom is 0.305 e. The second-order valence-corrected chi connectivity index (χ2v) is 7.14. The predicted octanol–water partition coefficient (Wildman–Crippen LogP) is 5.65. The van der Waals surface area contributed by atoms with Gasteiger partial charge in [-0.25, -0.2) is 0 Å². The third-order valence-electron chi connectivity index (χ3n) is 5.16. The summed E-state index contributed by atoms with van der Waals surface area (Å²) in [5.74, 6) is 2.34. The van der Waals surface area contributed by atoms with Crippen LogP contribution in [-0.2, 0) is 22.4 Å². The molecule has 0 saturated carbocycles. The van der Waals surface area contributed by atoms with Gasteiger partial charge in [0.25, 0.3) is 0 Å². The van der Waals surface area contributed by atoms with E-state index in [0.717, 1.165) is 35.7 Å². The predicted molar refractivity (Wildman–Crippen MR) is 111 cm³/mol. The number of carbonyl (C=O) groups is 1. The lowest BCUT2D eigenvalue weighted by molar-refractivity contribution is -0.140. The van der Waals surface area contributed by atoms with Gasteiger partial charge < -0.3 is 14.2 Å². The zero-order chi connectivity index (χ0) is 20.1. The zero-order valence-electron chi connectivity index (χ0n) is 16.5. The first-order valence-corrected chi connectivity index (χ1v) is 9.89. The smallest absolute Gasteiger partial charge is 0.305 e. The number of hydrogen-bond acceptors (Lipinski definition) is 4. The van der Waals surface area contributed by atoms with Crippen molar-refractivity contribution in [2.45, 2.75) is 31.8 Å².